The lowest BCUT2D eigenvalue weighted by Gasteiger charge is -2.21. The third kappa shape index (κ3) is 3.71. The van der Waals surface area contributed by atoms with E-state index in [-0.39, 0.29) is 12.5 Å². The predicted molar refractivity (Wildman–Crippen MR) is 76.2 cm³/mol. The quantitative estimate of drug-likeness (QED) is 0.877. The largest absolute Gasteiger partial charge is 0.466 e. The van der Waals surface area contributed by atoms with Crippen LogP contribution in [0.2, 0.25) is 0 Å². The van der Waals surface area contributed by atoms with Gasteiger partial charge >= 0.3 is 0 Å². The summed E-state index contributed by atoms with van der Waals surface area (Å²) in [5, 5.41) is 13.0. The molecule has 0 spiro atoms. The molecule has 0 aliphatic carbocycles. The highest BCUT2D eigenvalue weighted by Crippen LogP contribution is 2.19. The number of amides is 1. The summed E-state index contributed by atoms with van der Waals surface area (Å²) in [6.07, 6.45) is 1.80. The summed E-state index contributed by atoms with van der Waals surface area (Å²) in [7, 11) is 0. The van der Waals surface area contributed by atoms with Gasteiger partial charge in [0.25, 0.3) is 0 Å². The standard InChI is InChI=1S/C16H19NO3/c1-12-5-3-6-13(9-12)10-15(18)17-11-16(2,19)14-7-4-8-20-14/h3-9,19H,10-11H2,1-2H3,(H,17,18). The zero-order chi connectivity index (χ0) is 14.6. The molecular formula is C16H19NO3. The van der Waals surface area contributed by atoms with E-state index in [9.17, 15) is 9.90 Å². The molecule has 2 aromatic rings. The number of rotatable bonds is 5. The van der Waals surface area contributed by atoms with Crippen LogP contribution in [0.4, 0.5) is 0 Å². The van der Waals surface area contributed by atoms with Crippen LogP contribution in [-0.2, 0) is 16.8 Å². The number of hydrogen-bond acceptors (Lipinski definition) is 3. The van der Waals surface area contributed by atoms with Gasteiger partial charge in [0.1, 0.15) is 11.4 Å². The topological polar surface area (TPSA) is 62.5 Å². The van der Waals surface area contributed by atoms with E-state index in [0.29, 0.717) is 12.2 Å². The van der Waals surface area contributed by atoms with Crippen LogP contribution in [0.5, 0.6) is 0 Å². The molecule has 0 fully saturated rings. The average Bonchev–Trinajstić information content (AvgIpc) is 2.91. The van der Waals surface area contributed by atoms with Crippen LogP contribution >= 0.6 is 0 Å². The fourth-order valence-corrected chi connectivity index (χ4v) is 2.01. The molecule has 2 N–H and O–H groups in total. The zero-order valence-corrected chi connectivity index (χ0v) is 11.7. The number of aliphatic hydroxyl groups is 1. The molecular weight excluding hydrogens is 254 g/mol. The van der Waals surface area contributed by atoms with E-state index in [4.69, 9.17) is 4.42 Å². The van der Waals surface area contributed by atoms with E-state index in [1.807, 2.05) is 31.2 Å². The van der Waals surface area contributed by atoms with Gasteiger partial charge in [0.2, 0.25) is 5.91 Å². The normalized spacial score (nSPS) is 13.8. The highest BCUT2D eigenvalue weighted by molar-refractivity contribution is 5.78. The molecule has 0 radical (unpaired) electrons. The molecule has 1 atom stereocenters. The van der Waals surface area contributed by atoms with Gasteiger partial charge in [-0.1, -0.05) is 29.8 Å². The number of benzene rings is 1. The Morgan fingerprint density at radius 3 is 2.80 bits per heavy atom. The third-order valence-electron chi connectivity index (χ3n) is 3.13. The molecule has 0 saturated heterocycles. The van der Waals surface area contributed by atoms with Gasteiger partial charge in [-0.3, -0.25) is 4.79 Å². The van der Waals surface area contributed by atoms with Gasteiger partial charge < -0.3 is 14.8 Å². The lowest BCUT2D eigenvalue weighted by Crippen LogP contribution is -2.39. The number of furan rings is 1. The molecule has 0 saturated carbocycles. The molecule has 4 nitrogen and oxygen atoms in total. The number of hydrogen-bond donors (Lipinski definition) is 2. The van der Waals surface area contributed by atoms with Gasteiger partial charge in [-0.25, -0.2) is 0 Å². The number of nitrogens with one attached hydrogen (secondary N) is 1. The highest BCUT2D eigenvalue weighted by Gasteiger charge is 2.26. The average molecular weight is 273 g/mol. The Labute approximate surface area is 118 Å². The second-order valence-electron chi connectivity index (χ2n) is 5.19. The first-order valence-electron chi connectivity index (χ1n) is 6.56. The number of aryl methyl sites for hydroxylation is 1. The van der Waals surface area contributed by atoms with Crippen LogP contribution in [0.1, 0.15) is 23.8 Å². The Morgan fingerprint density at radius 1 is 1.35 bits per heavy atom. The van der Waals surface area contributed by atoms with E-state index in [2.05, 4.69) is 5.32 Å². The van der Waals surface area contributed by atoms with Crippen LogP contribution in [0.15, 0.2) is 47.1 Å². The van der Waals surface area contributed by atoms with E-state index in [1.165, 1.54) is 6.26 Å². The number of carbonyl (C=O) groups is 1. The minimum absolute atomic E-state index is 0.116. The van der Waals surface area contributed by atoms with E-state index in [1.54, 1.807) is 19.1 Å². The van der Waals surface area contributed by atoms with Gasteiger partial charge in [0.15, 0.2) is 0 Å². The maximum Gasteiger partial charge on any atom is 0.224 e. The van der Waals surface area contributed by atoms with Gasteiger partial charge in [-0.2, -0.15) is 0 Å². The van der Waals surface area contributed by atoms with Gasteiger partial charge in [0, 0.05) is 0 Å². The van der Waals surface area contributed by atoms with Crippen LogP contribution in [0.3, 0.4) is 0 Å². The van der Waals surface area contributed by atoms with Gasteiger partial charge in [-0.05, 0) is 31.5 Å². The fourth-order valence-electron chi connectivity index (χ4n) is 2.01. The Hall–Kier alpha value is -2.07. The molecule has 1 unspecified atom stereocenters. The third-order valence-corrected chi connectivity index (χ3v) is 3.13. The predicted octanol–water partition coefficient (Wildman–Crippen LogP) is 2.15. The van der Waals surface area contributed by atoms with Crippen molar-refractivity contribution in [1.29, 1.82) is 0 Å². The minimum Gasteiger partial charge on any atom is -0.466 e. The zero-order valence-electron chi connectivity index (χ0n) is 11.7. The van der Waals surface area contributed by atoms with Gasteiger partial charge in [0.05, 0.1) is 19.2 Å². The van der Waals surface area contributed by atoms with Crippen molar-refractivity contribution in [3.8, 4) is 0 Å². The lowest BCUT2D eigenvalue weighted by atomic mass is 10.0. The maximum atomic E-state index is 11.9. The molecule has 1 aromatic carbocycles. The summed E-state index contributed by atoms with van der Waals surface area (Å²) >= 11 is 0. The van der Waals surface area contributed by atoms with Crippen molar-refractivity contribution in [2.45, 2.75) is 25.9 Å². The van der Waals surface area contributed by atoms with Crippen molar-refractivity contribution in [1.82, 2.24) is 5.32 Å². The molecule has 1 aromatic heterocycles. The smallest absolute Gasteiger partial charge is 0.224 e. The molecule has 0 bridgehead atoms. The maximum absolute atomic E-state index is 11.9. The number of carbonyl (C=O) groups excluding carboxylic acids is 1. The van der Waals surface area contributed by atoms with Crippen molar-refractivity contribution >= 4 is 5.91 Å². The first-order valence-corrected chi connectivity index (χ1v) is 6.56. The first kappa shape index (κ1) is 14.3. The second-order valence-corrected chi connectivity index (χ2v) is 5.19. The van der Waals surface area contributed by atoms with Crippen molar-refractivity contribution in [3.05, 3.63) is 59.5 Å². The molecule has 2 rings (SSSR count). The van der Waals surface area contributed by atoms with Crippen LogP contribution in [0.25, 0.3) is 0 Å². The molecule has 20 heavy (non-hydrogen) atoms. The van der Waals surface area contributed by atoms with Crippen LogP contribution < -0.4 is 5.32 Å². The first-order chi connectivity index (χ1) is 9.47. The monoisotopic (exact) mass is 273 g/mol. The Kier molecular flexibility index (Phi) is 4.25. The molecule has 4 heteroatoms. The van der Waals surface area contributed by atoms with E-state index >= 15 is 0 Å². The fraction of sp³-hybridized carbons (Fsp3) is 0.312. The van der Waals surface area contributed by atoms with E-state index in [0.717, 1.165) is 11.1 Å². The Bertz CT molecular complexity index is 573. The Balaban J connectivity index is 1.89. The molecule has 0 aliphatic heterocycles. The molecule has 106 valence electrons. The minimum atomic E-state index is -1.20. The van der Waals surface area contributed by atoms with Crippen molar-refractivity contribution in [2.75, 3.05) is 6.54 Å². The second kappa shape index (κ2) is 5.92. The summed E-state index contributed by atoms with van der Waals surface area (Å²) in [4.78, 5) is 11.9. The Morgan fingerprint density at radius 2 is 2.15 bits per heavy atom. The lowest BCUT2D eigenvalue weighted by molar-refractivity contribution is -0.121. The van der Waals surface area contributed by atoms with Crippen LogP contribution in [-0.4, -0.2) is 17.6 Å². The summed E-state index contributed by atoms with van der Waals surface area (Å²) in [6, 6.07) is 11.2. The molecule has 1 amide bonds. The van der Waals surface area contributed by atoms with Crippen molar-refractivity contribution in [2.24, 2.45) is 0 Å². The summed E-state index contributed by atoms with van der Waals surface area (Å²) in [6.45, 7) is 3.72. The summed E-state index contributed by atoms with van der Waals surface area (Å²) in [5.41, 5.74) is 0.879. The van der Waals surface area contributed by atoms with Crippen molar-refractivity contribution < 1.29 is 14.3 Å². The van der Waals surface area contributed by atoms with Crippen LogP contribution in [0, 0.1) is 6.92 Å². The molecule has 0 aliphatic rings. The van der Waals surface area contributed by atoms with E-state index < -0.39 is 5.60 Å². The summed E-state index contributed by atoms with van der Waals surface area (Å²) < 4.78 is 5.16. The summed E-state index contributed by atoms with van der Waals surface area (Å²) in [5.74, 6) is 0.316. The van der Waals surface area contributed by atoms with Crippen molar-refractivity contribution in [3.63, 3.8) is 0 Å². The van der Waals surface area contributed by atoms with Gasteiger partial charge in [-0.15, -0.1) is 0 Å². The SMILES string of the molecule is Cc1cccc(CC(=O)NCC(C)(O)c2ccco2)c1. The molecule has 1 heterocycles. The highest BCUT2D eigenvalue weighted by atomic mass is 16.4.